The van der Waals surface area contributed by atoms with Crippen LogP contribution in [0.3, 0.4) is 0 Å². The molecular formula is C18H25N3O3. The quantitative estimate of drug-likeness (QED) is 0.877. The third-order valence-electron chi connectivity index (χ3n) is 5.05. The van der Waals surface area contributed by atoms with E-state index in [9.17, 15) is 9.59 Å². The number of hydrogen-bond acceptors (Lipinski definition) is 4. The number of benzene rings is 1. The van der Waals surface area contributed by atoms with Gasteiger partial charge in [0.1, 0.15) is 0 Å². The summed E-state index contributed by atoms with van der Waals surface area (Å²) < 4.78 is 5.50. The van der Waals surface area contributed by atoms with Crippen molar-refractivity contribution in [3.05, 3.63) is 35.4 Å². The SMILES string of the molecule is CO[C@H]1C[C@@H](CN2CCCC2)N(C(=O)c2ccc(C(N)=O)cc2)C1. The van der Waals surface area contributed by atoms with Crippen LogP contribution >= 0.6 is 0 Å². The first kappa shape index (κ1) is 16.9. The Balaban J connectivity index is 1.73. The van der Waals surface area contributed by atoms with Crippen molar-refractivity contribution in [3.63, 3.8) is 0 Å². The largest absolute Gasteiger partial charge is 0.380 e. The van der Waals surface area contributed by atoms with E-state index in [1.54, 1.807) is 31.4 Å². The average molecular weight is 331 g/mol. The van der Waals surface area contributed by atoms with Gasteiger partial charge in [-0.15, -0.1) is 0 Å². The average Bonchev–Trinajstić information content (AvgIpc) is 3.24. The highest BCUT2D eigenvalue weighted by Crippen LogP contribution is 2.24. The van der Waals surface area contributed by atoms with Gasteiger partial charge in [-0.1, -0.05) is 0 Å². The fraction of sp³-hybridized carbons (Fsp3) is 0.556. The second-order valence-corrected chi connectivity index (χ2v) is 6.65. The summed E-state index contributed by atoms with van der Waals surface area (Å²) in [4.78, 5) is 28.4. The van der Waals surface area contributed by atoms with Gasteiger partial charge in [-0.25, -0.2) is 0 Å². The molecule has 2 saturated heterocycles. The summed E-state index contributed by atoms with van der Waals surface area (Å²) in [6.45, 7) is 3.75. The van der Waals surface area contributed by atoms with Crippen molar-refractivity contribution >= 4 is 11.8 Å². The number of primary amides is 1. The van der Waals surface area contributed by atoms with Gasteiger partial charge in [0.05, 0.1) is 6.10 Å². The van der Waals surface area contributed by atoms with Crippen LogP contribution in [0.15, 0.2) is 24.3 Å². The Morgan fingerprint density at radius 3 is 2.38 bits per heavy atom. The standard InChI is InChI=1S/C18H25N3O3/c1-24-16-10-15(11-20-8-2-3-9-20)21(12-16)18(23)14-6-4-13(5-7-14)17(19)22/h4-7,15-16H,2-3,8-12H2,1H3,(H2,19,22)/t15-,16-/m0/s1. The van der Waals surface area contributed by atoms with Crippen molar-refractivity contribution in [2.75, 3.05) is 33.3 Å². The van der Waals surface area contributed by atoms with Gasteiger partial charge >= 0.3 is 0 Å². The number of rotatable bonds is 5. The van der Waals surface area contributed by atoms with Crippen LogP contribution in [-0.2, 0) is 4.74 Å². The van der Waals surface area contributed by atoms with E-state index in [0.717, 1.165) is 26.1 Å². The molecule has 0 radical (unpaired) electrons. The van der Waals surface area contributed by atoms with E-state index in [-0.39, 0.29) is 18.1 Å². The van der Waals surface area contributed by atoms with Crippen molar-refractivity contribution in [1.29, 1.82) is 0 Å². The third-order valence-corrected chi connectivity index (χ3v) is 5.05. The van der Waals surface area contributed by atoms with Gasteiger partial charge in [0.2, 0.25) is 5.91 Å². The molecule has 24 heavy (non-hydrogen) atoms. The maximum Gasteiger partial charge on any atom is 0.254 e. The predicted molar refractivity (Wildman–Crippen MR) is 90.9 cm³/mol. The molecule has 3 rings (SSSR count). The molecule has 2 atom stereocenters. The summed E-state index contributed by atoms with van der Waals surface area (Å²) in [5.41, 5.74) is 6.25. The zero-order valence-electron chi connectivity index (χ0n) is 14.1. The summed E-state index contributed by atoms with van der Waals surface area (Å²) in [6.07, 6.45) is 3.44. The summed E-state index contributed by atoms with van der Waals surface area (Å²) in [7, 11) is 1.70. The molecule has 0 bridgehead atoms. The van der Waals surface area contributed by atoms with E-state index in [1.165, 1.54) is 12.8 Å². The van der Waals surface area contributed by atoms with Crippen molar-refractivity contribution < 1.29 is 14.3 Å². The van der Waals surface area contributed by atoms with Gasteiger partial charge in [0.25, 0.3) is 5.91 Å². The second-order valence-electron chi connectivity index (χ2n) is 6.65. The van der Waals surface area contributed by atoms with Crippen molar-refractivity contribution in [1.82, 2.24) is 9.80 Å². The van der Waals surface area contributed by atoms with Crippen LogP contribution in [0.4, 0.5) is 0 Å². The lowest BCUT2D eigenvalue weighted by atomic mass is 10.1. The van der Waals surface area contributed by atoms with Crippen LogP contribution in [-0.4, -0.2) is 67.0 Å². The Kier molecular flexibility index (Phi) is 5.16. The molecular weight excluding hydrogens is 306 g/mol. The van der Waals surface area contributed by atoms with E-state index in [4.69, 9.17) is 10.5 Å². The fourth-order valence-electron chi connectivity index (χ4n) is 3.67. The van der Waals surface area contributed by atoms with Gasteiger partial charge in [-0.3, -0.25) is 9.59 Å². The smallest absolute Gasteiger partial charge is 0.254 e. The molecule has 2 N–H and O–H groups in total. The van der Waals surface area contributed by atoms with Crippen LogP contribution in [0, 0.1) is 0 Å². The molecule has 1 aromatic rings. The molecule has 2 heterocycles. The number of amides is 2. The lowest BCUT2D eigenvalue weighted by Gasteiger charge is -2.28. The van der Waals surface area contributed by atoms with E-state index in [2.05, 4.69) is 4.90 Å². The minimum atomic E-state index is -0.485. The molecule has 2 aliphatic heterocycles. The normalized spacial score (nSPS) is 24.5. The number of methoxy groups -OCH3 is 1. The monoisotopic (exact) mass is 331 g/mol. The molecule has 2 amide bonds. The first-order valence-electron chi connectivity index (χ1n) is 8.54. The molecule has 1 aromatic carbocycles. The highest BCUT2D eigenvalue weighted by molar-refractivity contribution is 5.97. The zero-order valence-corrected chi connectivity index (χ0v) is 14.1. The fourth-order valence-corrected chi connectivity index (χ4v) is 3.67. The van der Waals surface area contributed by atoms with Gasteiger partial charge in [-0.2, -0.15) is 0 Å². The van der Waals surface area contributed by atoms with Gasteiger partial charge in [0.15, 0.2) is 0 Å². The number of nitrogens with zero attached hydrogens (tertiary/aromatic N) is 2. The third kappa shape index (κ3) is 3.60. The van der Waals surface area contributed by atoms with Crippen LogP contribution in [0.1, 0.15) is 40.0 Å². The summed E-state index contributed by atoms with van der Waals surface area (Å²) in [5, 5.41) is 0. The number of nitrogens with two attached hydrogens (primary N) is 1. The summed E-state index contributed by atoms with van der Waals surface area (Å²) in [5.74, 6) is -0.490. The molecule has 2 fully saturated rings. The molecule has 130 valence electrons. The highest BCUT2D eigenvalue weighted by Gasteiger charge is 2.37. The lowest BCUT2D eigenvalue weighted by molar-refractivity contribution is 0.0670. The zero-order chi connectivity index (χ0) is 17.1. The van der Waals surface area contributed by atoms with Crippen molar-refractivity contribution in [3.8, 4) is 0 Å². The van der Waals surface area contributed by atoms with E-state index < -0.39 is 5.91 Å². The molecule has 2 aliphatic rings. The Morgan fingerprint density at radius 2 is 1.79 bits per heavy atom. The van der Waals surface area contributed by atoms with Crippen molar-refractivity contribution in [2.45, 2.75) is 31.4 Å². The molecule has 0 aromatic heterocycles. The number of carbonyl (C=O) groups is 2. The van der Waals surface area contributed by atoms with E-state index >= 15 is 0 Å². The van der Waals surface area contributed by atoms with Crippen LogP contribution < -0.4 is 5.73 Å². The van der Waals surface area contributed by atoms with Crippen LogP contribution in [0.2, 0.25) is 0 Å². The number of likely N-dealkylation sites (tertiary alicyclic amines) is 2. The van der Waals surface area contributed by atoms with E-state index in [1.807, 2.05) is 4.90 Å². The predicted octanol–water partition coefficient (Wildman–Crippen LogP) is 1.11. The van der Waals surface area contributed by atoms with Gasteiger partial charge < -0.3 is 20.3 Å². The number of ether oxygens (including phenoxy) is 1. The highest BCUT2D eigenvalue weighted by atomic mass is 16.5. The van der Waals surface area contributed by atoms with Gasteiger partial charge in [-0.05, 0) is 56.6 Å². The van der Waals surface area contributed by atoms with Gasteiger partial charge in [0, 0.05) is 37.4 Å². The molecule has 0 saturated carbocycles. The van der Waals surface area contributed by atoms with Crippen molar-refractivity contribution in [2.24, 2.45) is 5.73 Å². The lowest BCUT2D eigenvalue weighted by Crippen LogP contribution is -2.42. The minimum Gasteiger partial charge on any atom is -0.380 e. The van der Waals surface area contributed by atoms with Crippen LogP contribution in [0.5, 0.6) is 0 Å². The van der Waals surface area contributed by atoms with E-state index in [0.29, 0.717) is 17.7 Å². The Labute approximate surface area is 142 Å². The van der Waals surface area contributed by atoms with Crippen LogP contribution in [0.25, 0.3) is 0 Å². The molecule has 0 aliphatic carbocycles. The summed E-state index contributed by atoms with van der Waals surface area (Å²) in [6, 6.07) is 6.74. The Bertz CT molecular complexity index is 596. The topological polar surface area (TPSA) is 75.9 Å². The maximum atomic E-state index is 12.9. The molecule has 6 nitrogen and oxygen atoms in total. The Morgan fingerprint density at radius 1 is 1.17 bits per heavy atom. The first-order valence-corrected chi connectivity index (χ1v) is 8.54. The first-order chi connectivity index (χ1) is 11.6. The number of carbonyl (C=O) groups excluding carboxylic acids is 2. The molecule has 0 unspecified atom stereocenters. The second kappa shape index (κ2) is 7.32. The summed E-state index contributed by atoms with van der Waals surface area (Å²) >= 11 is 0. The maximum absolute atomic E-state index is 12.9. The molecule has 0 spiro atoms. The number of hydrogen-bond donors (Lipinski definition) is 1. The molecule has 6 heteroatoms. The minimum absolute atomic E-state index is 0.00485. The Hall–Kier alpha value is -1.92.